The maximum atomic E-state index is 5.65. The first kappa shape index (κ1) is 15.4. The van der Waals surface area contributed by atoms with Crippen LogP contribution in [-0.4, -0.2) is 25.0 Å². The molecule has 1 aromatic carbocycles. The summed E-state index contributed by atoms with van der Waals surface area (Å²) in [5.74, 6) is 1.07. The third kappa shape index (κ3) is 5.10. The van der Waals surface area contributed by atoms with Gasteiger partial charge in [-0.1, -0.05) is 28.9 Å². The topological polar surface area (TPSA) is 21.3 Å². The summed E-state index contributed by atoms with van der Waals surface area (Å²) < 4.78 is 6.85. The highest BCUT2D eigenvalue weighted by Crippen LogP contribution is 2.28. The van der Waals surface area contributed by atoms with Crippen molar-refractivity contribution in [2.45, 2.75) is 43.7 Å². The lowest BCUT2D eigenvalue weighted by atomic mass is 10.2. The van der Waals surface area contributed by atoms with Crippen molar-refractivity contribution >= 4 is 27.7 Å². The van der Waals surface area contributed by atoms with E-state index in [1.807, 2.05) is 11.8 Å². The van der Waals surface area contributed by atoms with Crippen LogP contribution in [-0.2, 0) is 11.3 Å². The Morgan fingerprint density at radius 3 is 3.05 bits per heavy atom. The SMILES string of the molecule is CCCNCc1ccc(SCC2CCCO2)cc1Br. The van der Waals surface area contributed by atoms with E-state index in [1.165, 1.54) is 34.2 Å². The molecule has 4 heteroatoms. The van der Waals surface area contributed by atoms with Crippen LogP contribution in [0.25, 0.3) is 0 Å². The van der Waals surface area contributed by atoms with Crippen molar-refractivity contribution in [2.75, 3.05) is 18.9 Å². The van der Waals surface area contributed by atoms with Crippen molar-refractivity contribution in [2.24, 2.45) is 0 Å². The summed E-state index contributed by atoms with van der Waals surface area (Å²) in [6, 6.07) is 6.65. The van der Waals surface area contributed by atoms with Crippen LogP contribution in [0.1, 0.15) is 31.7 Å². The Kier molecular flexibility index (Phi) is 6.71. The molecule has 1 unspecified atom stereocenters. The van der Waals surface area contributed by atoms with Crippen LogP contribution in [0.4, 0.5) is 0 Å². The van der Waals surface area contributed by atoms with Gasteiger partial charge in [0.05, 0.1) is 6.10 Å². The lowest BCUT2D eigenvalue weighted by molar-refractivity contribution is 0.129. The first-order chi connectivity index (χ1) is 9.29. The Morgan fingerprint density at radius 2 is 2.37 bits per heavy atom. The molecule has 1 heterocycles. The molecular formula is C15H22BrNOS. The molecule has 1 aliphatic heterocycles. The third-order valence-corrected chi connectivity index (χ3v) is 5.09. The number of hydrogen-bond donors (Lipinski definition) is 1. The van der Waals surface area contributed by atoms with Gasteiger partial charge in [-0.05, 0) is 43.5 Å². The molecule has 106 valence electrons. The minimum absolute atomic E-state index is 0.453. The molecule has 1 N–H and O–H groups in total. The van der Waals surface area contributed by atoms with Crippen LogP contribution < -0.4 is 5.32 Å². The number of halogens is 1. The molecule has 1 aliphatic rings. The molecule has 1 atom stereocenters. The number of rotatable bonds is 7. The molecule has 1 fully saturated rings. The van der Waals surface area contributed by atoms with Crippen molar-refractivity contribution in [3.8, 4) is 0 Å². The van der Waals surface area contributed by atoms with E-state index in [0.717, 1.165) is 25.4 Å². The van der Waals surface area contributed by atoms with E-state index in [4.69, 9.17) is 4.74 Å². The maximum Gasteiger partial charge on any atom is 0.0669 e. The van der Waals surface area contributed by atoms with Crippen LogP contribution in [0.2, 0.25) is 0 Å². The Hall–Kier alpha value is -0.0300. The smallest absolute Gasteiger partial charge is 0.0669 e. The van der Waals surface area contributed by atoms with Crippen LogP contribution in [0.3, 0.4) is 0 Å². The summed E-state index contributed by atoms with van der Waals surface area (Å²) in [5.41, 5.74) is 1.33. The summed E-state index contributed by atoms with van der Waals surface area (Å²) in [7, 11) is 0. The van der Waals surface area contributed by atoms with Gasteiger partial charge in [0, 0.05) is 28.3 Å². The predicted octanol–water partition coefficient (Wildman–Crippen LogP) is 4.22. The van der Waals surface area contributed by atoms with E-state index in [2.05, 4.69) is 46.4 Å². The van der Waals surface area contributed by atoms with Gasteiger partial charge in [-0.25, -0.2) is 0 Å². The quantitative estimate of drug-likeness (QED) is 0.591. The molecule has 0 aromatic heterocycles. The molecule has 19 heavy (non-hydrogen) atoms. The minimum atomic E-state index is 0.453. The van der Waals surface area contributed by atoms with E-state index in [0.29, 0.717) is 6.10 Å². The fourth-order valence-corrected chi connectivity index (χ4v) is 3.80. The fourth-order valence-electron chi connectivity index (χ4n) is 2.13. The molecule has 2 nitrogen and oxygen atoms in total. The minimum Gasteiger partial charge on any atom is -0.377 e. The molecule has 0 saturated carbocycles. The van der Waals surface area contributed by atoms with Gasteiger partial charge in [0.25, 0.3) is 0 Å². The average Bonchev–Trinajstić information content (AvgIpc) is 2.92. The summed E-state index contributed by atoms with van der Waals surface area (Å²) >= 11 is 5.56. The second-order valence-corrected chi connectivity index (χ2v) is 6.82. The highest BCUT2D eigenvalue weighted by Gasteiger charge is 2.15. The summed E-state index contributed by atoms with van der Waals surface area (Å²) in [5, 5.41) is 3.43. The molecule has 0 radical (unpaired) electrons. The monoisotopic (exact) mass is 343 g/mol. The Balaban J connectivity index is 1.83. The Labute approximate surface area is 128 Å². The molecule has 0 spiro atoms. The van der Waals surface area contributed by atoms with Gasteiger partial charge in [-0.3, -0.25) is 0 Å². The third-order valence-electron chi connectivity index (χ3n) is 3.23. The molecular weight excluding hydrogens is 322 g/mol. The second-order valence-electron chi connectivity index (χ2n) is 4.88. The van der Waals surface area contributed by atoms with Gasteiger partial charge in [0.1, 0.15) is 0 Å². The van der Waals surface area contributed by atoms with E-state index in [1.54, 1.807) is 0 Å². The van der Waals surface area contributed by atoms with E-state index >= 15 is 0 Å². The van der Waals surface area contributed by atoms with Crippen molar-refractivity contribution in [3.63, 3.8) is 0 Å². The lowest BCUT2D eigenvalue weighted by Crippen LogP contribution is -2.14. The van der Waals surface area contributed by atoms with Crippen LogP contribution >= 0.6 is 27.7 Å². The number of ether oxygens (including phenoxy) is 1. The van der Waals surface area contributed by atoms with E-state index < -0.39 is 0 Å². The fraction of sp³-hybridized carbons (Fsp3) is 0.600. The van der Waals surface area contributed by atoms with Crippen molar-refractivity contribution in [1.82, 2.24) is 5.32 Å². The average molecular weight is 344 g/mol. The summed E-state index contributed by atoms with van der Waals surface area (Å²) in [6.07, 6.45) is 4.06. The standard InChI is InChI=1S/C15H22BrNOS/c1-2-7-17-10-12-5-6-14(9-15(12)16)19-11-13-4-3-8-18-13/h5-6,9,13,17H,2-4,7-8,10-11H2,1H3. The van der Waals surface area contributed by atoms with Crippen molar-refractivity contribution in [3.05, 3.63) is 28.2 Å². The van der Waals surface area contributed by atoms with Gasteiger partial charge in [0.2, 0.25) is 0 Å². The van der Waals surface area contributed by atoms with Gasteiger partial charge in [-0.2, -0.15) is 0 Å². The van der Waals surface area contributed by atoms with E-state index in [-0.39, 0.29) is 0 Å². The normalized spacial score (nSPS) is 18.9. The highest BCUT2D eigenvalue weighted by molar-refractivity contribution is 9.10. The zero-order valence-corrected chi connectivity index (χ0v) is 13.9. The Morgan fingerprint density at radius 1 is 1.47 bits per heavy atom. The van der Waals surface area contributed by atoms with Crippen molar-refractivity contribution in [1.29, 1.82) is 0 Å². The van der Waals surface area contributed by atoms with Gasteiger partial charge in [0.15, 0.2) is 0 Å². The maximum absolute atomic E-state index is 5.65. The number of benzene rings is 1. The molecule has 2 rings (SSSR count). The summed E-state index contributed by atoms with van der Waals surface area (Å²) in [4.78, 5) is 1.32. The van der Waals surface area contributed by atoms with Gasteiger partial charge in [-0.15, -0.1) is 11.8 Å². The van der Waals surface area contributed by atoms with Gasteiger partial charge < -0.3 is 10.1 Å². The lowest BCUT2D eigenvalue weighted by Gasteiger charge is -2.11. The van der Waals surface area contributed by atoms with Crippen LogP contribution in [0.15, 0.2) is 27.6 Å². The van der Waals surface area contributed by atoms with Crippen LogP contribution in [0, 0.1) is 0 Å². The number of nitrogens with one attached hydrogen (secondary N) is 1. The second kappa shape index (κ2) is 8.30. The molecule has 1 aromatic rings. The highest BCUT2D eigenvalue weighted by atomic mass is 79.9. The largest absolute Gasteiger partial charge is 0.377 e. The zero-order chi connectivity index (χ0) is 13.5. The summed E-state index contributed by atoms with van der Waals surface area (Å²) in [6.45, 7) is 5.14. The molecule has 0 bridgehead atoms. The first-order valence-corrected chi connectivity index (χ1v) is 8.81. The molecule has 1 saturated heterocycles. The van der Waals surface area contributed by atoms with Crippen LogP contribution in [0.5, 0.6) is 0 Å². The Bertz CT molecular complexity index is 394. The van der Waals surface area contributed by atoms with Crippen molar-refractivity contribution < 1.29 is 4.74 Å². The van der Waals surface area contributed by atoms with Gasteiger partial charge >= 0.3 is 0 Å². The number of thioether (sulfide) groups is 1. The van der Waals surface area contributed by atoms with E-state index in [9.17, 15) is 0 Å². The number of hydrogen-bond acceptors (Lipinski definition) is 3. The predicted molar refractivity (Wildman–Crippen MR) is 85.8 cm³/mol. The molecule has 0 aliphatic carbocycles. The molecule has 0 amide bonds. The zero-order valence-electron chi connectivity index (χ0n) is 11.5. The first-order valence-electron chi connectivity index (χ1n) is 7.03.